The molecule has 2 radical (unpaired) electrons. The first-order chi connectivity index (χ1) is 11.7. The molecule has 0 bridgehead atoms. The van der Waals surface area contributed by atoms with E-state index in [-0.39, 0.29) is 0 Å². The quantitative estimate of drug-likeness (QED) is 0.754. The minimum Gasteiger partial charge on any atom is -0.386 e. The predicted molar refractivity (Wildman–Crippen MR) is 101 cm³/mol. The molecule has 2 heterocycles. The summed E-state index contributed by atoms with van der Waals surface area (Å²) >= 11 is 6.32. The number of aryl methyl sites for hydroxylation is 1. The number of hydrogen-bond acceptors (Lipinski definition) is 3. The first kappa shape index (κ1) is 17.4. The van der Waals surface area contributed by atoms with Crippen LogP contribution in [0.15, 0.2) is 30.3 Å². The van der Waals surface area contributed by atoms with Gasteiger partial charge in [-0.3, -0.25) is 4.90 Å². The second-order valence-electron chi connectivity index (χ2n) is 6.34. The van der Waals surface area contributed by atoms with Crippen LogP contribution in [0.1, 0.15) is 31.3 Å². The monoisotopic (exact) mass is 342 g/mol. The van der Waals surface area contributed by atoms with Gasteiger partial charge in [0.15, 0.2) is 5.15 Å². The van der Waals surface area contributed by atoms with Gasteiger partial charge in [-0.15, -0.1) is 0 Å². The van der Waals surface area contributed by atoms with E-state index in [4.69, 9.17) is 19.6 Å². The maximum absolute atomic E-state index is 6.32. The standard InChI is InChI=1S/C18H24BClN4/c1-2-3-9-17-21-18(20)16(24(17)19)14-22-10-12-23(13-11-22)15-7-5-4-6-8-15/h4-8H,2-3,9-14H2,1H3. The molecule has 1 aromatic carbocycles. The Morgan fingerprint density at radius 3 is 2.50 bits per heavy atom. The van der Waals surface area contributed by atoms with E-state index in [0.29, 0.717) is 5.15 Å². The number of hydrogen-bond donors (Lipinski definition) is 0. The molecule has 2 aromatic rings. The molecule has 24 heavy (non-hydrogen) atoms. The number of benzene rings is 1. The Labute approximate surface area is 150 Å². The lowest BCUT2D eigenvalue weighted by atomic mass is 10.2. The summed E-state index contributed by atoms with van der Waals surface area (Å²) in [6.45, 7) is 6.96. The summed E-state index contributed by atoms with van der Waals surface area (Å²) in [5.41, 5.74) is 2.22. The molecule has 1 aliphatic rings. The van der Waals surface area contributed by atoms with E-state index in [0.717, 1.165) is 63.5 Å². The summed E-state index contributed by atoms with van der Waals surface area (Å²) in [7, 11) is 6.21. The Kier molecular flexibility index (Phi) is 5.85. The number of aromatic nitrogens is 2. The number of piperazine rings is 1. The summed E-state index contributed by atoms with van der Waals surface area (Å²) in [6, 6.07) is 10.6. The van der Waals surface area contributed by atoms with E-state index in [1.54, 1.807) is 4.48 Å². The van der Waals surface area contributed by atoms with Crippen molar-refractivity contribution in [2.75, 3.05) is 31.1 Å². The fourth-order valence-corrected chi connectivity index (χ4v) is 3.40. The highest BCUT2D eigenvalue weighted by Gasteiger charge is 2.20. The van der Waals surface area contributed by atoms with Gasteiger partial charge in [0, 0.05) is 44.8 Å². The van der Waals surface area contributed by atoms with Crippen LogP contribution in [0.4, 0.5) is 5.69 Å². The molecule has 0 unspecified atom stereocenters. The summed E-state index contributed by atoms with van der Waals surface area (Å²) in [5, 5.41) is 0.550. The second kappa shape index (κ2) is 8.08. The first-order valence-corrected chi connectivity index (χ1v) is 9.10. The van der Waals surface area contributed by atoms with Crippen LogP contribution in [-0.2, 0) is 13.0 Å². The van der Waals surface area contributed by atoms with Gasteiger partial charge in [0.05, 0.1) is 11.5 Å². The summed E-state index contributed by atoms with van der Waals surface area (Å²) in [6.07, 6.45) is 3.09. The number of rotatable bonds is 6. The molecule has 0 aliphatic carbocycles. The maximum atomic E-state index is 6.32. The van der Waals surface area contributed by atoms with Crippen molar-refractivity contribution < 1.29 is 0 Å². The van der Waals surface area contributed by atoms with Gasteiger partial charge in [-0.25, -0.2) is 4.98 Å². The van der Waals surface area contributed by atoms with Crippen molar-refractivity contribution in [3.05, 3.63) is 47.0 Å². The molecule has 126 valence electrons. The van der Waals surface area contributed by atoms with E-state index in [1.165, 1.54) is 5.69 Å². The van der Waals surface area contributed by atoms with Crippen molar-refractivity contribution >= 4 is 25.3 Å². The van der Waals surface area contributed by atoms with E-state index >= 15 is 0 Å². The molecule has 0 amide bonds. The van der Waals surface area contributed by atoms with Crippen LogP contribution in [0.25, 0.3) is 0 Å². The molecule has 0 atom stereocenters. The lowest BCUT2D eigenvalue weighted by Gasteiger charge is -2.36. The fourth-order valence-electron chi connectivity index (χ4n) is 3.15. The molecule has 1 fully saturated rings. The highest BCUT2D eigenvalue weighted by molar-refractivity contribution is 6.30. The molecule has 1 aliphatic heterocycles. The van der Waals surface area contributed by atoms with Gasteiger partial charge in [0.25, 0.3) is 0 Å². The van der Waals surface area contributed by atoms with Crippen LogP contribution in [0.2, 0.25) is 5.15 Å². The minimum atomic E-state index is 0.550. The Morgan fingerprint density at radius 2 is 1.83 bits per heavy atom. The number of unbranched alkanes of at least 4 members (excludes halogenated alkanes) is 1. The fraction of sp³-hybridized carbons (Fsp3) is 0.500. The lowest BCUT2D eigenvalue weighted by Crippen LogP contribution is -2.46. The van der Waals surface area contributed by atoms with Crippen LogP contribution in [-0.4, -0.2) is 48.5 Å². The predicted octanol–water partition coefficient (Wildman–Crippen LogP) is 3.13. The number of imidazole rings is 1. The first-order valence-electron chi connectivity index (χ1n) is 8.72. The molecule has 0 saturated carbocycles. The molecular weight excluding hydrogens is 318 g/mol. The van der Waals surface area contributed by atoms with Gasteiger partial charge in [-0.2, -0.15) is 0 Å². The third-order valence-corrected chi connectivity index (χ3v) is 4.96. The van der Waals surface area contributed by atoms with Crippen molar-refractivity contribution in [1.29, 1.82) is 0 Å². The largest absolute Gasteiger partial charge is 0.386 e. The molecular formula is C18H24BClN4. The van der Waals surface area contributed by atoms with Crippen molar-refractivity contribution in [1.82, 2.24) is 14.4 Å². The Hall–Kier alpha value is -1.46. The molecule has 0 N–H and O–H groups in total. The lowest BCUT2D eigenvalue weighted by molar-refractivity contribution is 0.246. The van der Waals surface area contributed by atoms with Crippen molar-refractivity contribution in [2.24, 2.45) is 0 Å². The highest BCUT2D eigenvalue weighted by Crippen LogP contribution is 2.21. The van der Waals surface area contributed by atoms with Crippen LogP contribution in [0.3, 0.4) is 0 Å². The molecule has 1 aromatic heterocycles. The minimum absolute atomic E-state index is 0.550. The number of halogens is 1. The topological polar surface area (TPSA) is 24.3 Å². The number of para-hydroxylation sites is 1. The van der Waals surface area contributed by atoms with E-state index in [9.17, 15) is 0 Å². The van der Waals surface area contributed by atoms with E-state index in [1.807, 2.05) is 0 Å². The zero-order valence-electron chi connectivity index (χ0n) is 14.3. The number of anilines is 1. The van der Waals surface area contributed by atoms with Crippen LogP contribution >= 0.6 is 11.6 Å². The van der Waals surface area contributed by atoms with Gasteiger partial charge in [-0.1, -0.05) is 43.1 Å². The van der Waals surface area contributed by atoms with E-state index in [2.05, 4.69) is 52.0 Å². The van der Waals surface area contributed by atoms with Gasteiger partial charge in [-0.05, 0) is 18.6 Å². The summed E-state index contributed by atoms with van der Waals surface area (Å²) in [5.74, 6) is 0.889. The average Bonchev–Trinajstić information content (AvgIpc) is 2.89. The zero-order valence-corrected chi connectivity index (χ0v) is 15.0. The molecule has 0 spiro atoms. The summed E-state index contributed by atoms with van der Waals surface area (Å²) in [4.78, 5) is 9.26. The van der Waals surface area contributed by atoms with Crippen molar-refractivity contribution in [3.8, 4) is 0 Å². The van der Waals surface area contributed by atoms with Crippen molar-refractivity contribution in [3.63, 3.8) is 0 Å². The zero-order chi connectivity index (χ0) is 16.9. The maximum Gasteiger partial charge on any atom is 0.236 e. The Morgan fingerprint density at radius 1 is 1.12 bits per heavy atom. The third-order valence-electron chi connectivity index (χ3n) is 4.66. The van der Waals surface area contributed by atoms with Crippen LogP contribution in [0, 0.1) is 0 Å². The molecule has 4 nitrogen and oxygen atoms in total. The highest BCUT2D eigenvalue weighted by atomic mass is 35.5. The molecule has 1 saturated heterocycles. The van der Waals surface area contributed by atoms with Crippen LogP contribution < -0.4 is 4.90 Å². The van der Waals surface area contributed by atoms with Gasteiger partial charge >= 0.3 is 0 Å². The SMILES string of the molecule is [B]n1c(CCCC)nc(Cl)c1CN1CCN(c2ccccc2)CC1. The second-order valence-corrected chi connectivity index (χ2v) is 6.70. The average molecular weight is 343 g/mol. The van der Waals surface area contributed by atoms with Crippen molar-refractivity contribution in [2.45, 2.75) is 32.7 Å². The van der Waals surface area contributed by atoms with Gasteiger partial charge in [0.2, 0.25) is 7.98 Å². The molecule has 6 heteroatoms. The third kappa shape index (κ3) is 3.96. The summed E-state index contributed by atoms with van der Waals surface area (Å²) < 4.78 is 1.70. The number of nitrogens with zero attached hydrogens (tertiary/aromatic N) is 4. The van der Waals surface area contributed by atoms with Gasteiger partial charge in [0.1, 0.15) is 0 Å². The smallest absolute Gasteiger partial charge is 0.236 e. The van der Waals surface area contributed by atoms with Crippen LogP contribution in [0.5, 0.6) is 0 Å². The Bertz CT molecular complexity index is 651. The Balaban J connectivity index is 1.59. The normalized spacial score (nSPS) is 15.8. The van der Waals surface area contributed by atoms with E-state index < -0.39 is 0 Å². The van der Waals surface area contributed by atoms with Gasteiger partial charge < -0.3 is 9.38 Å². The molecule has 3 rings (SSSR count).